The molecule has 5 heteroatoms. The minimum Gasteiger partial charge on any atom is -0.347 e. The lowest BCUT2D eigenvalue weighted by Gasteiger charge is -2.18. The van der Waals surface area contributed by atoms with Gasteiger partial charge in [0, 0.05) is 41.7 Å². The Morgan fingerprint density at radius 3 is 2.67 bits per heavy atom. The Kier molecular flexibility index (Phi) is 4.75. The third-order valence-corrected chi connectivity index (χ3v) is 4.66. The van der Waals surface area contributed by atoms with Crippen LogP contribution in [0, 0.1) is 0 Å². The Balaban J connectivity index is 1.62. The molecule has 0 aliphatic carbocycles. The Labute approximate surface area is 158 Å². The van der Waals surface area contributed by atoms with E-state index in [0.29, 0.717) is 0 Å². The van der Waals surface area contributed by atoms with E-state index < -0.39 is 6.04 Å². The standard InChI is InChI=1S/C22H22N4O/c1-2-13-25-15-11-18-16-19(9-10-20(18)25)24-22(27)21(26-14-6-12-23-26)17-7-4-3-5-8-17/h3-12,14-16,21H,2,13H2,1H3,(H,24,27). The van der Waals surface area contributed by atoms with Crippen molar-refractivity contribution in [1.82, 2.24) is 14.3 Å². The number of nitrogens with one attached hydrogen (secondary N) is 1. The van der Waals surface area contributed by atoms with Crippen LogP contribution in [0.25, 0.3) is 10.9 Å². The summed E-state index contributed by atoms with van der Waals surface area (Å²) in [6.07, 6.45) is 6.68. The van der Waals surface area contributed by atoms with Gasteiger partial charge in [0.1, 0.15) is 0 Å². The number of fused-ring (bicyclic) bond motifs is 1. The van der Waals surface area contributed by atoms with Crippen molar-refractivity contribution < 1.29 is 4.79 Å². The fourth-order valence-electron chi connectivity index (χ4n) is 3.42. The fraction of sp³-hybridized carbons (Fsp3) is 0.182. The van der Waals surface area contributed by atoms with Gasteiger partial charge in [-0.25, -0.2) is 0 Å². The highest BCUT2D eigenvalue weighted by atomic mass is 16.2. The summed E-state index contributed by atoms with van der Waals surface area (Å²) in [6, 6.07) is 19.1. The van der Waals surface area contributed by atoms with Crippen LogP contribution in [0.3, 0.4) is 0 Å². The number of anilines is 1. The first-order chi connectivity index (χ1) is 13.3. The second-order valence-electron chi connectivity index (χ2n) is 6.57. The summed E-state index contributed by atoms with van der Waals surface area (Å²) in [5.41, 5.74) is 2.87. The number of aryl methyl sites for hydroxylation is 1. The van der Waals surface area contributed by atoms with E-state index in [1.807, 2.05) is 54.7 Å². The number of benzene rings is 2. The number of carbonyl (C=O) groups is 1. The molecule has 0 spiro atoms. The van der Waals surface area contributed by atoms with Gasteiger partial charge in [0.05, 0.1) is 0 Å². The van der Waals surface area contributed by atoms with Crippen LogP contribution in [0.15, 0.2) is 79.3 Å². The van der Waals surface area contributed by atoms with Crippen LogP contribution in [-0.2, 0) is 11.3 Å². The molecule has 1 atom stereocenters. The van der Waals surface area contributed by atoms with Gasteiger partial charge in [0.2, 0.25) is 0 Å². The van der Waals surface area contributed by atoms with Crippen LogP contribution in [0.1, 0.15) is 24.9 Å². The number of rotatable bonds is 6. The minimum absolute atomic E-state index is 0.114. The molecule has 5 nitrogen and oxygen atoms in total. The quantitative estimate of drug-likeness (QED) is 0.553. The van der Waals surface area contributed by atoms with Gasteiger partial charge >= 0.3 is 0 Å². The largest absolute Gasteiger partial charge is 0.347 e. The number of hydrogen-bond acceptors (Lipinski definition) is 2. The van der Waals surface area contributed by atoms with Gasteiger partial charge < -0.3 is 9.88 Å². The molecule has 0 saturated carbocycles. The van der Waals surface area contributed by atoms with Crippen molar-refractivity contribution in [1.29, 1.82) is 0 Å². The smallest absolute Gasteiger partial charge is 0.253 e. The van der Waals surface area contributed by atoms with Crippen LogP contribution in [0.4, 0.5) is 5.69 Å². The Bertz CT molecular complexity index is 1030. The highest BCUT2D eigenvalue weighted by Crippen LogP contribution is 2.24. The normalized spacial score (nSPS) is 12.2. The van der Waals surface area contributed by atoms with Crippen LogP contribution < -0.4 is 5.32 Å². The first kappa shape index (κ1) is 17.1. The maximum atomic E-state index is 13.1. The molecule has 0 fully saturated rings. The summed E-state index contributed by atoms with van der Waals surface area (Å²) in [5.74, 6) is -0.114. The molecule has 1 N–H and O–H groups in total. The zero-order chi connectivity index (χ0) is 18.6. The highest BCUT2D eigenvalue weighted by Gasteiger charge is 2.23. The molecular weight excluding hydrogens is 336 g/mol. The van der Waals surface area contributed by atoms with E-state index >= 15 is 0 Å². The average Bonchev–Trinajstić information content (AvgIpc) is 3.34. The van der Waals surface area contributed by atoms with E-state index in [4.69, 9.17) is 0 Å². The lowest BCUT2D eigenvalue weighted by atomic mass is 10.1. The SMILES string of the molecule is CCCn1ccc2cc(NC(=O)C(c3ccccc3)n3cccn3)ccc21. The molecule has 0 aliphatic rings. The van der Waals surface area contributed by atoms with Crippen molar-refractivity contribution in [2.24, 2.45) is 0 Å². The second kappa shape index (κ2) is 7.50. The Morgan fingerprint density at radius 1 is 1.07 bits per heavy atom. The lowest BCUT2D eigenvalue weighted by molar-refractivity contribution is -0.118. The van der Waals surface area contributed by atoms with Gasteiger partial charge in [-0.2, -0.15) is 5.10 Å². The first-order valence-electron chi connectivity index (χ1n) is 9.20. The van der Waals surface area contributed by atoms with Gasteiger partial charge in [-0.05, 0) is 42.3 Å². The van der Waals surface area contributed by atoms with Crippen molar-refractivity contribution in [3.8, 4) is 0 Å². The summed E-state index contributed by atoms with van der Waals surface area (Å²) < 4.78 is 3.92. The highest BCUT2D eigenvalue weighted by molar-refractivity contribution is 5.97. The Morgan fingerprint density at radius 2 is 1.93 bits per heavy atom. The van der Waals surface area contributed by atoms with Crippen molar-refractivity contribution in [3.05, 3.63) is 84.8 Å². The minimum atomic E-state index is -0.512. The molecular formula is C22H22N4O. The topological polar surface area (TPSA) is 51.9 Å². The third kappa shape index (κ3) is 3.49. The van der Waals surface area contributed by atoms with Crippen LogP contribution in [-0.4, -0.2) is 20.3 Å². The molecule has 4 rings (SSSR count). The van der Waals surface area contributed by atoms with Crippen molar-refractivity contribution in [3.63, 3.8) is 0 Å². The molecule has 0 aliphatic heterocycles. The van der Waals surface area contributed by atoms with Crippen LogP contribution in [0.5, 0.6) is 0 Å². The number of aromatic nitrogens is 3. The average molecular weight is 358 g/mol. The molecule has 136 valence electrons. The van der Waals surface area contributed by atoms with Gasteiger partial charge in [-0.1, -0.05) is 37.3 Å². The van der Waals surface area contributed by atoms with Crippen LogP contribution >= 0.6 is 0 Å². The number of hydrogen-bond donors (Lipinski definition) is 1. The molecule has 2 aromatic heterocycles. The van der Waals surface area contributed by atoms with E-state index in [1.165, 1.54) is 5.52 Å². The van der Waals surface area contributed by atoms with Gasteiger partial charge in [-0.3, -0.25) is 9.48 Å². The van der Waals surface area contributed by atoms with E-state index in [9.17, 15) is 4.79 Å². The predicted molar refractivity (Wildman–Crippen MR) is 108 cm³/mol. The lowest BCUT2D eigenvalue weighted by Crippen LogP contribution is -2.27. The summed E-state index contributed by atoms with van der Waals surface area (Å²) in [7, 11) is 0. The molecule has 1 amide bonds. The molecule has 4 aromatic rings. The molecule has 0 bridgehead atoms. The molecule has 0 radical (unpaired) electrons. The van der Waals surface area contributed by atoms with Gasteiger partial charge in [-0.15, -0.1) is 0 Å². The molecule has 2 heterocycles. The summed E-state index contributed by atoms with van der Waals surface area (Å²) >= 11 is 0. The fourth-order valence-corrected chi connectivity index (χ4v) is 3.42. The van der Waals surface area contributed by atoms with E-state index in [-0.39, 0.29) is 5.91 Å². The number of amides is 1. The zero-order valence-corrected chi connectivity index (χ0v) is 15.2. The first-order valence-corrected chi connectivity index (χ1v) is 9.20. The predicted octanol–water partition coefficient (Wildman–Crippen LogP) is 4.48. The molecule has 1 unspecified atom stereocenters. The summed E-state index contributed by atoms with van der Waals surface area (Å²) in [4.78, 5) is 13.1. The van der Waals surface area contributed by atoms with Gasteiger partial charge in [0.15, 0.2) is 6.04 Å². The number of nitrogens with zero attached hydrogens (tertiary/aromatic N) is 3. The second-order valence-corrected chi connectivity index (χ2v) is 6.57. The van der Waals surface area contributed by atoms with Crippen molar-refractivity contribution in [2.45, 2.75) is 25.9 Å². The Hall–Kier alpha value is -3.34. The van der Waals surface area contributed by atoms with Gasteiger partial charge in [0.25, 0.3) is 5.91 Å². The third-order valence-electron chi connectivity index (χ3n) is 4.66. The van der Waals surface area contributed by atoms with Crippen molar-refractivity contribution >= 4 is 22.5 Å². The summed E-state index contributed by atoms with van der Waals surface area (Å²) in [5, 5.41) is 8.46. The molecule has 27 heavy (non-hydrogen) atoms. The van der Waals surface area contributed by atoms with Crippen molar-refractivity contribution in [2.75, 3.05) is 5.32 Å². The van der Waals surface area contributed by atoms with E-state index in [0.717, 1.165) is 29.6 Å². The van der Waals surface area contributed by atoms with Crippen LogP contribution in [0.2, 0.25) is 0 Å². The maximum absolute atomic E-state index is 13.1. The van der Waals surface area contributed by atoms with E-state index in [2.05, 4.69) is 40.2 Å². The maximum Gasteiger partial charge on any atom is 0.253 e. The molecule has 2 aromatic carbocycles. The monoisotopic (exact) mass is 358 g/mol. The molecule has 0 saturated heterocycles. The summed E-state index contributed by atoms with van der Waals surface area (Å²) in [6.45, 7) is 3.16. The van der Waals surface area contributed by atoms with E-state index in [1.54, 1.807) is 10.9 Å². The number of carbonyl (C=O) groups excluding carboxylic acids is 1. The zero-order valence-electron chi connectivity index (χ0n) is 15.2.